The highest BCUT2D eigenvalue weighted by Gasteiger charge is 2.01. The van der Waals surface area contributed by atoms with E-state index >= 15 is 0 Å². The Balaban J connectivity index is 2.41. The van der Waals surface area contributed by atoms with E-state index in [1.165, 1.54) is 0 Å². The third-order valence-electron chi connectivity index (χ3n) is 2.23. The predicted molar refractivity (Wildman–Crippen MR) is 66.1 cm³/mol. The van der Waals surface area contributed by atoms with E-state index in [1.54, 1.807) is 18.2 Å². The third-order valence-corrected chi connectivity index (χ3v) is 2.56. The van der Waals surface area contributed by atoms with Gasteiger partial charge in [-0.3, -0.25) is 4.79 Å². The van der Waals surface area contributed by atoms with Gasteiger partial charge >= 0.3 is 5.97 Å². The topological polar surface area (TPSA) is 73.1 Å². The lowest BCUT2D eigenvalue weighted by Crippen LogP contribution is -2.03. The van der Waals surface area contributed by atoms with E-state index in [1.807, 2.05) is 6.07 Å². The van der Waals surface area contributed by atoms with Gasteiger partial charge in [0.2, 0.25) is 0 Å². The standard InChI is InChI=1S/C12H13ClN2O2/c13-10-5-4-9(8-14)7-11(10)15-6-2-1-3-12(16)17/h4-5,7,15H,1-3,6H2,(H,16,17). The van der Waals surface area contributed by atoms with Gasteiger partial charge in [-0.05, 0) is 31.0 Å². The van der Waals surface area contributed by atoms with Crippen LogP contribution in [0, 0.1) is 11.3 Å². The molecule has 0 saturated heterocycles. The summed E-state index contributed by atoms with van der Waals surface area (Å²) in [5, 5.41) is 20.8. The molecule has 5 heteroatoms. The number of nitriles is 1. The van der Waals surface area contributed by atoms with Crippen LogP contribution < -0.4 is 5.32 Å². The summed E-state index contributed by atoms with van der Waals surface area (Å²) in [7, 11) is 0. The molecule has 0 unspecified atom stereocenters. The van der Waals surface area contributed by atoms with E-state index < -0.39 is 5.97 Å². The molecule has 1 aromatic rings. The van der Waals surface area contributed by atoms with Crippen LogP contribution in [0.2, 0.25) is 5.02 Å². The number of halogens is 1. The predicted octanol–water partition coefficient (Wildman–Crippen LogP) is 2.88. The molecule has 0 amide bonds. The van der Waals surface area contributed by atoms with Gasteiger partial charge in [0.05, 0.1) is 22.3 Å². The number of nitrogens with one attached hydrogen (secondary N) is 1. The summed E-state index contributed by atoms with van der Waals surface area (Å²) in [6.45, 7) is 0.641. The second-order valence-electron chi connectivity index (χ2n) is 3.58. The Hall–Kier alpha value is -1.73. The van der Waals surface area contributed by atoms with Crippen molar-refractivity contribution in [3.8, 4) is 6.07 Å². The first-order valence-electron chi connectivity index (χ1n) is 5.29. The van der Waals surface area contributed by atoms with E-state index in [2.05, 4.69) is 5.32 Å². The van der Waals surface area contributed by atoms with Gasteiger partial charge in [0.15, 0.2) is 0 Å². The molecule has 0 aliphatic rings. The van der Waals surface area contributed by atoms with Crippen molar-refractivity contribution in [3.05, 3.63) is 28.8 Å². The van der Waals surface area contributed by atoms with Crippen LogP contribution in [0.4, 0.5) is 5.69 Å². The number of hydrogen-bond acceptors (Lipinski definition) is 3. The zero-order valence-electron chi connectivity index (χ0n) is 9.24. The number of nitrogens with zero attached hydrogens (tertiary/aromatic N) is 1. The fourth-order valence-electron chi connectivity index (χ4n) is 1.35. The van der Waals surface area contributed by atoms with Crippen LogP contribution in [0.1, 0.15) is 24.8 Å². The minimum Gasteiger partial charge on any atom is -0.481 e. The molecule has 0 saturated carbocycles. The van der Waals surface area contributed by atoms with Crippen molar-refractivity contribution < 1.29 is 9.90 Å². The average Bonchev–Trinajstić information content (AvgIpc) is 2.30. The molecule has 0 aliphatic heterocycles. The third kappa shape index (κ3) is 4.75. The largest absolute Gasteiger partial charge is 0.481 e. The molecular weight excluding hydrogens is 240 g/mol. The van der Waals surface area contributed by atoms with Crippen LogP contribution in [-0.2, 0) is 4.79 Å². The first-order valence-corrected chi connectivity index (χ1v) is 5.66. The zero-order valence-corrected chi connectivity index (χ0v) is 10.00. The number of rotatable bonds is 6. The molecule has 0 aromatic heterocycles. The molecule has 4 nitrogen and oxygen atoms in total. The number of hydrogen-bond donors (Lipinski definition) is 2. The van der Waals surface area contributed by atoms with Crippen LogP contribution in [0.25, 0.3) is 0 Å². The lowest BCUT2D eigenvalue weighted by atomic mass is 10.2. The van der Waals surface area contributed by atoms with E-state index in [-0.39, 0.29) is 6.42 Å². The summed E-state index contributed by atoms with van der Waals surface area (Å²) in [5.74, 6) is -0.783. The second kappa shape index (κ2) is 6.77. The van der Waals surface area contributed by atoms with Crippen molar-refractivity contribution in [1.82, 2.24) is 0 Å². The van der Waals surface area contributed by atoms with E-state index in [0.717, 1.165) is 6.42 Å². The fraction of sp³-hybridized carbons (Fsp3) is 0.333. The van der Waals surface area contributed by atoms with Crippen molar-refractivity contribution in [2.24, 2.45) is 0 Å². The molecule has 1 aromatic carbocycles. The van der Waals surface area contributed by atoms with Gasteiger partial charge in [-0.25, -0.2) is 0 Å². The van der Waals surface area contributed by atoms with Crippen LogP contribution in [-0.4, -0.2) is 17.6 Å². The highest BCUT2D eigenvalue weighted by atomic mass is 35.5. The van der Waals surface area contributed by atoms with Gasteiger partial charge in [-0.15, -0.1) is 0 Å². The molecule has 0 atom stereocenters. The van der Waals surface area contributed by atoms with Crippen LogP contribution >= 0.6 is 11.6 Å². The zero-order chi connectivity index (χ0) is 12.7. The van der Waals surface area contributed by atoms with Crippen molar-refractivity contribution in [2.75, 3.05) is 11.9 Å². The Morgan fingerprint density at radius 3 is 2.88 bits per heavy atom. The van der Waals surface area contributed by atoms with Crippen molar-refractivity contribution >= 4 is 23.3 Å². The summed E-state index contributed by atoms with van der Waals surface area (Å²) in [4.78, 5) is 10.3. The number of carbonyl (C=O) groups is 1. The normalized spacial score (nSPS) is 9.65. The number of unbranched alkanes of at least 4 members (excludes halogenated alkanes) is 1. The molecule has 1 rings (SSSR count). The maximum absolute atomic E-state index is 10.3. The molecule has 0 bridgehead atoms. The highest BCUT2D eigenvalue weighted by Crippen LogP contribution is 2.22. The summed E-state index contributed by atoms with van der Waals surface area (Å²) >= 11 is 5.95. The number of carboxylic acid groups (broad SMARTS) is 1. The minimum absolute atomic E-state index is 0.174. The van der Waals surface area contributed by atoms with Gasteiger partial charge in [0.25, 0.3) is 0 Å². The summed E-state index contributed by atoms with van der Waals surface area (Å²) in [6, 6.07) is 7.03. The number of benzene rings is 1. The number of aliphatic carboxylic acids is 1. The Morgan fingerprint density at radius 2 is 2.24 bits per heavy atom. The molecule has 90 valence electrons. The SMILES string of the molecule is N#Cc1ccc(Cl)c(NCCCCC(=O)O)c1. The molecule has 0 spiro atoms. The second-order valence-corrected chi connectivity index (χ2v) is 3.99. The summed E-state index contributed by atoms with van der Waals surface area (Å²) in [5.41, 5.74) is 1.25. The quantitative estimate of drug-likeness (QED) is 0.764. The Bertz CT molecular complexity index is 441. The van der Waals surface area contributed by atoms with Crippen molar-refractivity contribution in [3.63, 3.8) is 0 Å². The van der Waals surface area contributed by atoms with Gasteiger partial charge in [-0.1, -0.05) is 11.6 Å². The van der Waals surface area contributed by atoms with Gasteiger partial charge in [-0.2, -0.15) is 5.26 Å². The van der Waals surface area contributed by atoms with Crippen LogP contribution in [0.3, 0.4) is 0 Å². The first kappa shape index (κ1) is 13.3. The highest BCUT2D eigenvalue weighted by molar-refractivity contribution is 6.33. The maximum atomic E-state index is 10.3. The first-order chi connectivity index (χ1) is 8.13. The molecule has 0 aliphatic carbocycles. The van der Waals surface area contributed by atoms with Crippen LogP contribution in [0.15, 0.2) is 18.2 Å². The Morgan fingerprint density at radius 1 is 1.47 bits per heavy atom. The van der Waals surface area contributed by atoms with E-state index in [4.69, 9.17) is 22.0 Å². The van der Waals surface area contributed by atoms with Crippen molar-refractivity contribution in [2.45, 2.75) is 19.3 Å². The lowest BCUT2D eigenvalue weighted by Gasteiger charge is -2.08. The van der Waals surface area contributed by atoms with E-state index in [9.17, 15) is 4.79 Å². The van der Waals surface area contributed by atoms with E-state index in [0.29, 0.717) is 29.2 Å². The fourth-order valence-corrected chi connectivity index (χ4v) is 1.54. The Labute approximate surface area is 105 Å². The summed E-state index contributed by atoms with van der Waals surface area (Å²) < 4.78 is 0. The number of anilines is 1. The molecule has 2 N–H and O–H groups in total. The van der Waals surface area contributed by atoms with Gasteiger partial charge in [0.1, 0.15) is 0 Å². The molecule has 17 heavy (non-hydrogen) atoms. The molecular formula is C12H13ClN2O2. The van der Waals surface area contributed by atoms with Crippen molar-refractivity contribution in [1.29, 1.82) is 5.26 Å². The molecule has 0 fully saturated rings. The van der Waals surface area contributed by atoms with Gasteiger partial charge < -0.3 is 10.4 Å². The lowest BCUT2D eigenvalue weighted by molar-refractivity contribution is -0.137. The number of carboxylic acids is 1. The smallest absolute Gasteiger partial charge is 0.303 e. The van der Waals surface area contributed by atoms with Crippen LogP contribution in [0.5, 0.6) is 0 Å². The Kier molecular flexibility index (Phi) is 5.31. The summed E-state index contributed by atoms with van der Waals surface area (Å²) in [6.07, 6.45) is 1.55. The molecule has 0 radical (unpaired) electrons. The van der Waals surface area contributed by atoms with Gasteiger partial charge in [0, 0.05) is 13.0 Å². The monoisotopic (exact) mass is 252 g/mol. The maximum Gasteiger partial charge on any atom is 0.303 e. The average molecular weight is 253 g/mol. The molecule has 0 heterocycles. The minimum atomic E-state index is -0.783.